The number of hydrogen-bond donors (Lipinski definition) is 2. The van der Waals surface area contributed by atoms with Crippen LogP contribution in [-0.2, 0) is 0 Å². The first kappa shape index (κ1) is 12.2. The van der Waals surface area contributed by atoms with Crippen LogP contribution in [0.3, 0.4) is 0 Å². The predicted molar refractivity (Wildman–Crippen MR) is 77.6 cm³/mol. The topological polar surface area (TPSA) is 81.2 Å². The molecule has 0 fully saturated rings. The number of carbonyl (C=O) groups is 1. The Bertz CT molecular complexity index is 775. The number of aromatic nitrogens is 1. The third kappa shape index (κ3) is 2.33. The van der Waals surface area contributed by atoms with E-state index in [-0.39, 0.29) is 5.91 Å². The number of aryl methyl sites for hydroxylation is 1. The molecular formula is C15H13N3O2. The van der Waals surface area contributed by atoms with Gasteiger partial charge in [0.2, 0.25) is 0 Å². The number of rotatable bonds is 2. The van der Waals surface area contributed by atoms with E-state index in [1.165, 1.54) is 0 Å². The lowest BCUT2D eigenvalue weighted by Gasteiger charge is -2.05. The van der Waals surface area contributed by atoms with E-state index in [1.54, 1.807) is 43.3 Å². The number of anilines is 2. The number of oxazole rings is 1. The van der Waals surface area contributed by atoms with Crippen molar-refractivity contribution in [2.45, 2.75) is 6.92 Å². The fourth-order valence-electron chi connectivity index (χ4n) is 1.96. The van der Waals surface area contributed by atoms with Crippen molar-refractivity contribution in [3.63, 3.8) is 0 Å². The molecule has 0 radical (unpaired) electrons. The van der Waals surface area contributed by atoms with Crippen LogP contribution in [0.1, 0.15) is 16.2 Å². The fraction of sp³-hybridized carbons (Fsp3) is 0.0667. The number of nitrogen functional groups attached to an aromatic ring is 1. The summed E-state index contributed by atoms with van der Waals surface area (Å²) in [5, 5.41) is 2.81. The molecule has 3 rings (SSSR count). The van der Waals surface area contributed by atoms with Crippen LogP contribution in [0.15, 0.2) is 46.9 Å². The van der Waals surface area contributed by atoms with Gasteiger partial charge in [-0.15, -0.1) is 0 Å². The maximum absolute atomic E-state index is 12.1. The first-order valence-electron chi connectivity index (χ1n) is 6.16. The highest BCUT2D eigenvalue weighted by atomic mass is 16.3. The van der Waals surface area contributed by atoms with Crippen LogP contribution in [0.25, 0.3) is 11.1 Å². The van der Waals surface area contributed by atoms with Crippen molar-refractivity contribution in [3.8, 4) is 0 Å². The molecule has 0 aliphatic heterocycles. The van der Waals surface area contributed by atoms with Crippen molar-refractivity contribution in [2.75, 3.05) is 11.1 Å². The van der Waals surface area contributed by atoms with Gasteiger partial charge in [-0.1, -0.05) is 0 Å². The van der Waals surface area contributed by atoms with Gasteiger partial charge in [0, 0.05) is 29.9 Å². The summed E-state index contributed by atoms with van der Waals surface area (Å²) < 4.78 is 5.43. The summed E-state index contributed by atoms with van der Waals surface area (Å²) >= 11 is 0. The molecule has 3 aromatic rings. The number of carbonyl (C=O) groups excluding carboxylic acids is 1. The second-order valence-corrected chi connectivity index (χ2v) is 4.49. The SMILES string of the molecule is Cc1nc2ccc(NC(=O)c3ccc(N)cc3)cc2o1. The molecule has 1 heterocycles. The van der Waals surface area contributed by atoms with E-state index >= 15 is 0 Å². The molecule has 1 aromatic heterocycles. The Balaban J connectivity index is 1.84. The molecule has 0 atom stereocenters. The molecule has 20 heavy (non-hydrogen) atoms. The molecule has 0 aliphatic carbocycles. The molecule has 0 saturated carbocycles. The van der Waals surface area contributed by atoms with E-state index in [1.807, 2.05) is 6.07 Å². The minimum atomic E-state index is -0.194. The molecule has 5 heteroatoms. The van der Waals surface area contributed by atoms with E-state index in [9.17, 15) is 4.79 Å². The molecule has 2 aromatic carbocycles. The maximum atomic E-state index is 12.1. The molecule has 0 spiro atoms. The number of nitrogens with two attached hydrogens (primary N) is 1. The van der Waals surface area contributed by atoms with Gasteiger partial charge < -0.3 is 15.5 Å². The second-order valence-electron chi connectivity index (χ2n) is 4.49. The van der Waals surface area contributed by atoms with Gasteiger partial charge >= 0.3 is 0 Å². The van der Waals surface area contributed by atoms with Crippen molar-refractivity contribution in [2.24, 2.45) is 0 Å². The van der Waals surface area contributed by atoms with E-state index in [0.717, 1.165) is 5.52 Å². The molecule has 100 valence electrons. The number of fused-ring (bicyclic) bond motifs is 1. The van der Waals surface area contributed by atoms with Gasteiger partial charge in [-0.2, -0.15) is 0 Å². The van der Waals surface area contributed by atoms with Crippen molar-refractivity contribution in [1.29, 1.82) is 0 Å². The van der Waals surface area contributed by atoms with Crippen LogP contribution in [0.5, 0.6) is 0 Å². The summed E-state index contributed by atoms with van der Waals surface area (Å²) in [7, 11) is 0. The Morgan fingerprint density at radius 1 is 1.20 bits per heavy atom. The average molecular weight is 267 g/mol. The molecular weight excluding hydrogens is 254 g/mol. The standard InChI is InChI=1S/C15H13N3O2/c1-9-17-13-7-6-12(8-14(13)20-9)18-15(19)10-2-4-11(16)5-3-10/h2-8H,16H2,1H3,(H,18,19). The maximum Gasteiger partial charge on any atom is 0.255 e. The number of hydrogen-bond acceptors (Lipinski definition) is 4. The largest absolute Gasteiger partial charge is 0.441 e. The van der Waals surface area contributed by atoms with E-state index in [0.29, 0.717) is 28.4 Å². The fourth-order valence-corrected chi connectivity index (χ4v) is 1.96. The van der Waals surface area contributed by atoms with Gasteiger partial charge in [0.25, 0.3) is 5.91 Å². The zero-order valence-electron chi connectivity index (χ0n) is 10.9. The van der Waals surface area contributed by atoms with Gasteiger partial charge in [-0.25, -0.2) is 4.98 Å². The van der Waals surface area contributed by atoms with E-state index < -0.39 is 0 Å². The van der Waals surface area contributed by atoms with E-state index in [2.05, 4.69) is 10.3 Å². The minimum absolute atomic E-state index is 0.194. The quantitative estimate of drug-likeness (QED) is 0.699. The highest BCUT2D eigenvalue weighted by molar-refractivity contribution is 6.05. The van der Waals surface area contributed by atoms with Gasteiger partial charge in [-0.05, 0) is 36.4 Å². The Kier molecular flexibility index (Phi) is 2.87. The Hall–Kier alpha value is -2.82. The van der Waals surface area contributed by atoms with Crippen LogP contribution in [0.4, 0.5) is 11.4 Å². The first-order valence-corrected chi connectivity index (χ1v) is 6.16. The van der Waals surface area contributed by atoms with E-state index in [4.69, 9.17) is 10.2 Å². The van der Waals surface area contributed by atoms with Gasteiger partial charge in [0.15, 0.2) is 11.5 Å². The lowest BCUT2D eigenvalue weighted by molar-refractivity contribution is 0.102. The molecule has 0 aliphatic rings. The highest BCUT2D eigenvalue weighted by Gasteiger charge is 2.08. The second kappa shape index (κ2) is 4.70. The summed E-state index contributed by atoms with van der Waals surface area (Å²) in [4.78, 5) is 16.3. The smallest absolute Gasteiger partial charge is 0.255 e. The minimum Gasteiger partial charge on any atom is -0.441 e. The molecule has 0 saturated heterocycles. The Morgan fingerprint density at radius 2 is 1.95 bits per heavy atom. The third-order valence-corrected chi connectivity index (χ3v) is 2.93. The summed E-state index contributed by atoms with van der Waals surface area (Å²) in [6.45, 7) is 1.78. The normalized spacial score (nSPS) is 10.7. The Labute approximate surface area is 115 Å². The molecule has 1 amide bonds. The van der Waals surface area contributed by atoms with Crippen molar-refractivity contribution >= 4 is 28.4 Å². The van der Waals surface area contributed by atoms with Crippen LogP contribution < -0.4 is 11.1 Å². The zero-order chi connectivity index (χ0) is 14.1. The van der Waals surface area contributed by atoms with Crippen molar-refractivity contribution < 1.29 is 9.21 Å². The highest BCUT2D eigenvalue weighted by Crippen LogP contribution is 2.20. The molecule has 0 unspecified atom stereocenters. The summed E-state index contributed by atoms with van der Waals surface area (Å²) in [5.74, 6) is 0.405. The van der Waals surface area contributed by atoms with Crippen LogP contribution >= 0.6 is 0 Å². The summed E-state index contributed by atoms with van der Waals surface area (Å²) in [6.07, 6.45) is 0. The number of nitrogens with one attached hydrogen (secondary N) is 1. The average Bonchev–Trinajstić information content (AvgIpc) is 2.78. The zero-order valence-corrected chi connectivity index (χ0v) is 10.9. The first-order chi connectivity index (χ1) is 9.61. The van der Waals surface area contributed by atoms with Crippen LogP contribution in [-0.4, -0.2) is 10.9 Å². The lowest BCUT2D eigenvalue weighted by Crippen LogP contribution is -2.11. The van der Waals surface area contributed by atoms with Gasteiger partial charge in [0.1, 0.15) is 5.52 Å². The lowest BCUT2D eigenvalue weighted by atomic mass is 10.2. The van der Waals surface area contributed by atoms with Crippen molar-refractivity contribution in [3.05, 3.63) is 53.9 Å². The number of nitrogens with zero attached hydrogens (tertiary/aromatic N) is 1. The van der Waals surface area contributed by atoms with Crippen LogP contribution in [0.2, 0.25) is 0 Å². The number of amides is 1. The summed E-state index contributed by atoms with van der Waals surface area (Å²) in [5.41, 5.74) is 8.85. The summed E-state index contributed by atoms with van der Waals surface area (Å²) in [6, 6.07) is 12.1. The molecule has 5 nitrogen and oxygen atoms in total. The van der Waals surface area contributed by atoms with Gasteiger partial charge in [-0.3, -0.25) is 4.79 Å². The molecule has 3 N–H and O–H groups in total. The van der Waals surface area contributed by atoms with Crippen LogP contribution in [0, 0.1) is 6.92 Å². The van der Waals surface area contributed by atoms with Crippen molar-refractivity contribution in [1.82, 2.24) is 4.98 Å². The number of benzene rings is 2. The molecule has 0 bridgehead atoms. The third-order valence-electron chi connectivity index (χ3n) is 2.93. The van der Waals surface area contributed by atoms with Gasteiger partial charge in [0.05, 0.1) is 0 Å². The monoisotopic (exact) mass is 267 g/mol. The predicted octanol–water partition coefficient (Wildman–Crippen LogP) is 2.97. The Morgan fingerprint density at radius 3 is 2.70 bits per heavy atom.